The fourth-order valence-electron chi connectivity index (χ4n) is 1.90. The van der Waals surface area contributed by atoms with Crippen LogP contribution in [0.25, 0.3) is 0 Å². The molecule has 0 saturated heterocycles. The number of aliphatic carboxylic acids is 2. The number of carbonyl (C=O) groups is 2. The molecule has 0 aliphatic carbocycles. The molecule has 0 aromatic carbocycles. The third-order valence-electron chi connectivity index (χ3n) is 3.08. The van der Waals surface area contributed by atoms with Gasteiger partial charge < -0.3 is 10.2 Å². The van der Waals surface area contributed by atoms with Crippen molar-refractivity contribution in [1.82, 2.24) is 0 Å². The Morgan fingerprint density at radius 2 is 1.37 bits per heavy atom. The number of rotatable bonds is 12. The van der Waals surface area contributed by atoms with Crippen molar-refractivity contribution in [2.24, 2.45) is 5.92 Å². The van der Waals surface area contributed by atoms with Gasteiger partial charge in [0.05, 0.1) is 0 Å². The van der Waals surface area contributed by atoms with Gasteiger partial charge in [0, 0.05) is 0 Å². The van der Waals surface area contributed by atoms with Crippen molar-refractivity contribution in [3.8, 4) is 0 Å². The molecule has 0 bridgehead atoms. The predicted molar refractivity (Wildman–Crippen MR) is 75.1 cm³/mol. The van der Waals surface area contributed by atoms with E-state index in [1.54, 1.807) is 6.08 Å². The fourth-order valence-corrected chi connectivity index (χ4v) is 1.90. The Morgan fingerprint density at radius 3 is 1.84 bits per heavy atom. The first-order valence-electron chi connectivity index (χ1n) is 7.21. The van der Waals surface area contributed by atoms with Gasteiger partial charge in [-0.2, -0.15) is 0 Å². The molecule has 0 rings (SSSR count). The molecule has 0 heterocycles. The monoisotopic (exact) mass is 270 g/mol. The number of hydrogen-bond acceptors (Lipinski definition) is 2. The van der Waals surface area contributed by atoms with Gasteiger partial charge in [-0.3, -0.25) is 9.59 Å². The molecule has 0 aromatic rings. The van der Waals surface area contributed by atoms with Gasteiger partial charge in [-0.1, -0.05) is 64.0 Å². The maximum Gasteiger partial charge on any atom is 0.321 e. The molecule has 0 fully saturated rings. The predicted octanol–water partition coefficient (Wildman–Crippen LogP) is 3.86. The lowest BCUT2D eigenvalue weighted by atomic mass is 10.1. The SMILES string of the molecule is CCCCCCCCCC/C=C/C(C(=O)O)C(=O)O. The molecule has 0 atom stereocenters. The minimum absolute atomic E-state index is 0.756. The maximum absolute atomic E-state index is 10.6. The molecular weight excluding hydrogens is 244 g/mol. The highest BCUT2D eigenvalue weighted by molar-refractivity contribution is 5.94. The van der Waals surface area contributed by atoms with Crippen molar-refractivity contribution in [3.63, 3.8) is 0 Å². The normalized spacial score (nSPS) is 11.3. The molecule has 0 amide bonds. The molecule has 19 heavy (non-hydrogen) atoms. The summed E-state index contributed by atoms with van der Waals surface area (Å²) in [5.41, 5.74) is 0. The number of hydrogen-bond donors (Lipinski definition) is 2. The quantitative estimate of drug-likeness (QED) is 0.321. The van der Waals surface area contributed by atoms with Crippen molar-refractivity contribution in [2.75, 3.05) is 0 Å². The van der Waals surface area contributed by atoms with Crippen LogP contribution in [0.4, 0.5) is 0 Å². The summed E-state index contributed by atoms with van der Waals surface area (Å²) in [5, 5.41) is 17.3. The van der Waals surface area contributed by atoms with E-state index in [2.05, 4.69) is 6.92 Å². The highest BCUT2D eigenvalue weighted by Crippen LogP contribution is 2.10. The average Bonchev–Trinajstić information content (AvgIpc) is 2.35. The Kier molecular flexibility index (Phi) is 10.9. The molecule has 2 N–H and O–H groups in total. The fraction of sp³-hybridized carbons (Fsp3) is 0.733. The molecule has 0 radical (unpaired) electrons. The van der Waals surface area contributed by atoms with Gasteiger partial charge in [0.15, 0.2) is 5.92 Å². The standard InChI is InChI=1S/C15H26O4/c1-2-3-4-5-6-7-8-9-10-11-12-13(14(16)17)15(18)19/h11-13H,2-10H2,1H3,(H,16,17)(H,18,19)/b12-11+. The second kappa shape index (κ2) is 11.8. The zero-order valence-electron chi connectivity index (χ0n) is 11.8. The van der Waals surface area contributed by atoms with E-state index in [1.807, 2.05) is 0 Å². The van der Waals surface area contributed by atoms with E-state index in [1.165, 1.54) is 44.6 Å². The average molecular weight is 270 g/mol. The van der Waals surface area contributed by atoms with Crippen LogP contribution in [0.2, 0.25) is 0 Å². The molecule has 0 spiro atoms. The Balaban J connectivity index is 3.52. The molecule has 0 saturated carbocycles. The Hall–Kier alpha value is -1.32. The van der Waals surface area contributed by atoms with Crippen LogP contribution < -0.4 is 0 Å². The number of allylic oxidation sites excluding steroid dienone is 1. The van der Waals surface area contributed by atoms with E-state index in [0.717, 1.165) is 19.3 Å². The molecule has 0 unspecified atom stereocenters. The van der Waals surface area contributed by atoms with E-state index in [4.69, 9.17) is 10.2 Å². The second-order valence-corrected chi connectivity index (χ2v) is 4.85. The smallest absolute Gasteiger partial charge is 0.321 e. The summed E-state index contributed by atoms with van der Waals surface area (Å²) in [5.74, 6) is -4.02. The highest BCUT2D eigenvalue weighted by atomic mass is 16.4. The van der Waals surface area contributed by atoms with Crippen molar-refractivity contribution >= 4 is 11.9 Å². The zero-order valence-corrected chi connectivity index (χ0v) is 11.8. The Labute approximate surface area is 115 Å². The highest BCUT2D eigenvalue weighted by Gasteiger charge is 2.21. The molecule has 0 aliphatic rings. The largest absolute Gasteiger partial charge is 0.480 e. The van der Waals surface area contributed by atoms with Gasteiger partial charge in [0.2, 0.25) is 0 Å². The van der Waals surface area contributed by atoms with E-state index in [-0.39, 0.29) is 0 Å². The van der Waals surface area contributed by atoms with Crippen molar-refractivity contribution in [2.45, 2.75) is 64.7 Å². The summed E-state index contributed by atoms with van der Waals surface area (Å²) in [6.45, 7) is 2.20. The molecule has 4 heteroatoms. The Bertz CT molecular complexity index is 270. The van der Waals surface area contributed by atoms with Crippen molar-refractivity contribution < 1.29 is 19.8 Å². The summed E-state index contributed by atoms with van der Waals surface area (Å²) in [4.78, 5) is 21.2. The summed E-state index contributed by atoms with van der Waals surface area (Å²) in [7, 11) is 0. The first-order valence-corrected chi connectivity index (χ1v) is 7.21. The lowest BCUT2D eigenvalue weighted by molar-refractivity contribution is -0.151. The molecule has 0 aliphatic heterocycles. The van der Waals surface area contributed by atoms with E-state index in [0.29, 0.717) is 0 Å². The maximum atomic E-state index is 10.6. The van der Waals surface area contributed by atoms with Gasteiger partial charge in [0.1, 0.15) is 0 Å². The van der Waals surface area contributed by atoms with E-state index in [9.17, 15) is 9.59 Å². The number of unbranched alkanes of at least 4 members (excludes halogenated alkanes) is 8. The van der Waals surface area contributed by atoms with Gasteiger partial charge in [-0.05, 0) is 12.8 Å². The first-order chi connectivity index (χ1) is 9.09. The third kappa shape index (κ3) is 10.3. The summed E-state index contributed by atoms with van der Waals surface area (Å²) in [6.07, 6.45) is 13.5. The number of carboxylic acid groups (broad SMARTS) is 2. The Morgan fingerprint density at radius 1 is 0.895 bits per heavy atom. The van der Waals surface area contributed by atoms with E-state index < -0.39 is 17.9 Å². The lowest BCUT2D eigenvalue weighted by Gasteiger charge is -2.01. The second-order valence-electron chi connectivity index (χ2n) is 4.85. The van der Waals surface area contributed by atoms with Crippen LogP contribution in [-0.4, -0.2) is 22.2 Å². The van der Waals surface area contributed by atoms with Crippen LogP contribution in [0.5, 0.6) is 0 Å². The van der Waals surface area contributed by atoms with Gasteiger partial charge >= 0.3 is 11.9 Å². The molecule has 4 nitrogen and oxygen atoms in total. The minimum atomic E-state index is -1.41. The molecule has 110 valence electrons. The molecule has 0 aromatic heterocycles. The van der Waals surface area contributed by atoms with Crippen LogP contribution in [0.15, 0.2) is 12.2 Å². The minimum Gasteiger partial charge on any atom is -0.480 e. The van der Waals surface area contributed by atoms with Crippen molar-refractivity contribution in [1.29, 1.82) is 0 Å². The zero-order chi connectivity index (χ0) is 14.5. The number of carboxylic acids is 2. The van der Waals surface area contributed by atoms with Gasteiger partial charge in [-0.25, -0.2) is 0 Å². The summed E-state index contributed by atoms with van der Waals surface area (Å²) < 4.78 is 0. The van der Waals surface area contributed by atoms with Gasteiger partial charge in [-0.15, -0.1) is 0 Å². The summed E-state index contributed by atoms with van der Waals surface area (Å²) in [6, 6.07) is 0. The third-order valence-corrected chi connectivity index (χ3v) is 3.08. The van der Waals surface area contributed by atoms with E-state index >= 15 is 0 Å². The molecular formula is C15H26O4. The van der Waals surface area contributed by atoms with Crippen LogP contribution >= 0.6 is 0 Å². The van der Waals surface area contributed by atoms with Crippen LogP contribution in [0, 0.1) is 5.92 Å². The topological polar surface area (TPSA) is 74.6 Å². The van der Waals surface area contributed by atoms with Crippen LogP contribution in [-0.2, 0) is 9.59 Å². The van der Waals surface area contributed by atoms with Crippen LogP contribution in [0.1, 0.15) is 64.7 Å². The lowest BCUT2D eigenvalue weighted by Crippen LogP contribution is -2.20. The summed E-state index contributed by atoms with van der Waals surface area (Å²) >= 11 is 0. The van der Waals surface area contributed by atoms with Crippen LogP contribution in [0.3, 0.4) is 0 Å². The van der Waals surface area contributed by atoms with Crippen molar-refractivity contribution in [3.05, 3.63) is 12.2 Å². The first kappa shape index (κ1) is 17.7. The van der Waals surface area contributed by atoms with Gasteiger partial charge in [0.25, 0.3) is 0 Å².